The zero-order valence-corrected chi connectivity index (χ0v) is 7.70. The standard InChI is InChI=1S/3CF3.Eu/c3*2-1(3)4;/q3*-1;+3. The molecule has 0 N–H and O–H groups in total. The molecule has 13 heavy (non-hydrogen) atoms. The van der Waals surface area contributed by atoms with E-state index in [-0.39, 0.29) is 49.4 Å². The third-order valence-corrected chi connectivity index (χ3v) is 0. The van der Waals surface area contributed by atoms with Crippen LogP contribution in [0.1, 0.15) is 0 Å². The zero-order chi connectivity index (χ0) is 10.7. The molecule has 0 radical (unpaired) electrons. The Kier molecular flexibility index (Phi) is 34.0. The van der Waals surface area contributed by atoms with Crippen molar-refractivity contribution in [3.8, 4) is 0 Å². The minimum atomic E-state index is -3.08. The zero-order valence-electron chi connectivity index (χ0n) is 5.28. The molecule has 0 saturated heterocycles. The summed E-state index contributed by atoms with van der Waals surface area (Å²) in [5.41, 5.74) is 0. The van der Waals surface area contributed by atoms with E-state index in [0.717, 1.165) is 0 Å². The SMILES string of the molecule is F[C-](F)F.F[C-](F)F.F[C-](F)F.[Eu+3]. The summed E-state index contributed by atoms with van der Waals surface area (Å²) in [6.07, 6.45) is 0. The first kappa shape index (κ1) is 23.6. The van der Waals surface area contributed by atoms with Crippen LogP contribution in [-0.4, -0.2) is 0 Å². The molecule has 0 bridgehead atoms. The van der Waals surface area contributed by atoms with E-state index in [9.17, 15) is 39.5 Å². The maximum absolute atomic E-state index is 9.58. The van der Waals surface area contributed by atoms with Crippen LogP contribution in [0.3, 0.4) is 0 Å². The Morgan fingerprint density at radius 2 is 0.385 bits per heavy atom. The van der Waals surface area contributed by atoms with Gasteiger partial charge < -0.3 is 39.5 Å². The number of hydrogen-bond acceptors (Lipinski definition) is 0. The van der Waals surface area contributed by atoms with Crippen molar-refractivity contribution in [2.45, 2.75) is 0 Å². The third-order valence-electron chi connectivity index (χ3n) is 0. The van der Waals surface area contributed by atoms with E-state index < -0.39 is 20.0 Å². The molecule has 0 aliphatic carbocycles. The second kappa shape index (κ2) is 18.7. The summed E-state index contributed by atoms with van der Waals surface area (Å²) in [6, 6.07) is 0. The fourth-order valence-corrected chi connectivity index (χ4v) is 0. The minimum absolute atomic E-state index is 0. The van der Waals surface area contributed by atoms with Crippen molar-refractivity contribution in [3.05, 3.63) is 20.0 Å². The van der Waals surface area contributed by atoms with Crippen LogP contribution in [0.2, 0.25) is 0 Å². The van der Waals surface area contributed by atoms with Crippen LogP contribution < -0.4 is 0 Å². The summed E-state index contributed by atoms with van der Waals surface area (Å²) in [6.45, 7) is -9.25. The van der Waals surface area contributed by atoms with Gasteiger partial charge in [0.2, 0.25) is 0 Å². The fraction of sp³-hybridized carbons (Fsp3) is 0. The first-order valence-corrected chi connectivity index (χ1v) is 1.70. The van der Waals surface area contributed by atoms with Crippen LogP contribution in [0, 0.1) is 69.4 Å². The van der Waals surface area contributed by atoms with E-state index in [0.29, 0.717) is 0 Å². The van der Waals surface area contributed by atoms with Gasteiger partial charge in [-0.25, -0.2) is 0 Å². The first-order valence-electron chi connectivity index (χ1n) is 1.70. The van der Waals surface area contributed by atoms with Crippen molar-refractivity contribution < 1.29 is 88.9 Å². The molecule has 0 atom stereocenters. The fourth-order valence-electron chi connectivity index (χ4n) is 0. The van der Waals surface area contributed by atoms with Crippen LogP contribution in [0.5, 0.6) is 0 Å². The number of halogens is 9. The van der Waals surface area contributed by atoms with Crippen molar-refractivity contribution in [3.63, 3.8) is 0 Å². The van der Waals surface area contributed by atoms with Crippen LogP contribution >= 0.6 is 0 Å². The van der Waals surface area contributed by atoms with E-state index >= 15 is 0 Å². The Morgan fingerprint density at radius 1 is 0.385 bits per heavy atom. The molecule has 0 aromatic heterocycles. The van der Waals surface area contributed by atoms with Crippen molar-refractivity contribution >= 4 is 0 Å². The van der Waals surface area contributed by atoms with E-state index in [1.165, 1.54) is 0 Å². The maximum Gasteiger partial charge on any atom is 3.00 e. The summed E-state index contributed by atoms with van der Waals surface area (Å²) in [4.78, 5) is 0. The maximum atomic E-state index is 9.58. The molecular formula is C3EuF9. The molecule has 0 heterocycles. The van der Waals surface area contributed by atoms with Gasteiger partial charge in [-0.05, 0) is 0 Å². The van der Waals surface area contributed by atoms with Crippen molar-refractivity contribution in [1.82, 2.24) is 0 Å². The molecule has 0 nitrogen and oxygen atoms in total. The van der Waals surface area contributed by atoms with Gasteiger partial charge in [0.05, 0.1) is 0 Å². The second-order valence-electron chi connectivity index (χ2n) is 0.643. The third kappa shape index (κ3) is 1710. The van der Waals surface area contributed by atoms with Gasteiger partial charge in [0.15, 0.2) is 20.0 Å². The molecule has 0 aromatic rings. The van der Waals surface area contributed by atoms with Gasteiger partial charge >= 0.3 is 49.4 Å². The van der Waals surface area contributed by atoms with Crippen LogP contribution in [0.4, 0.5) is 39.5 Å². The quantitative estimate of drug-likeness (QED) is 0.453. The average molecular weight is 359 g/mol. The van der Waals surface area contributed by atoms with Crippen molar-refractivity contribution in [2.75, 3.05) is 0 Å². The second-order valence-corrected chi connectivity index (χ2v) is 0.643. The molecule has 0 rings (SSSR count). The summed E-state index contributed by atoms with van der Waals surface area (Å²) in [7, 11) is 0. The van der Waals surface area contributed by atoms with Crippen LogP contribution in [0.25, 0.3) is 0 Å². The summed E-state index contributed by atoms with van der Waals surface area (Å²) in [5.74, 6) is 0. The van der Waals surface area contributed by atoms with Gasteiger partial charge in [-0.2, -0.15) is 0 Å². The molecule has 10 heteroatoms. The molecule has 82 valence electrons. The van der Waals surface area contributed by atoms with Crippen LogP contribution in [-0.2, 0) is 0 Å². The average Bonchev–Trinajstić information content (AvgIpc) is 1.54. The van der Waals surface area contributed by atoms with Gasteiger partial charge in [0, 0.05) is 0 Å². The Morgan fingerprint density at radius 3 is 0.385 bits per heavy atom. The topological polar surface area (TPSA) is 0 Å². The monoisotopic (exact) mass is 360 g/mol. The van der Waals surface area contributed by atoms with E-state index in [1.54, 1.807) is 0 Å². The van der Waals surface area contributed by atoms with Crippen molar-refractivity contribution in [1.29, 1.82) is 0 Å². The molecule has 0 aliphatic heterocycles. The minimum Gasteiger partial charge on any atom is -0.385 e. The molecule has 0 aromatic carbocycles. The predicted octanol–water partition coefficient (Wildman–Crippen LogP) is 4.03. The van der Waals surface area contributed by atoms with Crippen molar-refractivity contribution in [2.24, 2.45) is 0 Å². The van der Waals surface area contributed by atoms with Gasteiger partial charge in [-0.3, -0.25) is 0 Å². The van der Waals surface area contributed by atoms with E-state index in [4.69, 9.17) is 0 Å². The Balaban J connectivity index is -0.0000000450. The largest absolute Gasteiger partial charge is 3.00 e. The number of rotatable bonds is 0. The van der Waals surface area contributed by atoms with Gasteiger partial charge in [0.1, 0.15) is 0 Å². The predicted molar refractivity (Wildman–Crippen MR) is 19.7 cm³/mol. The molecule has 0 amide bonds. The normalized spacial score (nSPS) is 8.31. The first-order chi connectivity index (χ1) is 5.20. The molecular weight excluding hydrogens is 359 g/mol. The summed E-state index contributed by atoms with van der Waals surface area (Å²) in [5, 5.41) is 0. The van der Waals surface area contributed by atoms with Gasteiger partial charge in [0.25, 0.3) is 0 Å². The van der Waals surface area contributed by atoms with Crippen LogP contribution in [0.15, 0.2) is 0 Å². The molecule has 0 saturated carbocycles. The molecule has 0 fully saturated rings. The molecule has 0 aliphatic rings. The van der Waals surface area contributed by atoms with Gasteiger partial charge in [-0.15, -0.1) is 0 Å². The molecule has 0 spiro atoms. The smallest absolute Gasteiger partial charge is 0.385 e. The van der Waals surface area contributed by atoms with E-state index in [1.807, 2.05) is 0 Å². The Hall–Kier alpha value is 0.954. The summed E-state index contributed by atoms with van der Waals surface area (Å²) >= 11 is 0. The Bertz CT molecular complexity index is 43.4. The molecule has 0 unspecified atom stereocenters. The Labute approximate surface area is 108 Å². The van der Waals surface area contributed by atoms with E-state index in [2.05, 4.69) is 0 Å². The number of hydrogen-bond donors (Lipinski definition) is 0. The van der Waals surface area contributed by atoms with Gasteiger partial charge in [-0.1, -0.05) is 0 Å². The summed E-state index contributed by atoms with van der Waals surface area (Å²) < 4.78 is 86.2.